The summed E-state index contributed by atoms with van der Waals surface area (Å²) < 4.78 is 12.4. The summed E-state index contributed by atoms with van der Waals surface area (Å²) in [5, 5.41) is 8.72. The Hall–Kier alpha value is -0.780. The van der Waals surface area contributed by atoms with E-state index >= 15 is 0 Å². The molecule has 1 aliphatic rings. The molecule has 17 heavy (non-hydrogen) atoms. The first kappa shape index (κ1) is 12.7. The van der Waals surface area contributed by atoms with Crippen LogP contribution in [0.3, 0.4) is 0 Å². The molecular weight excluding hydrogens is 286 g/mol. The molecule has 0 unspecified atom stereocenters. The normalized spacial score (nSPS) is 17.6. The van der Waals surface area contributed by atoms with Gasteiger partial charge in [-0.05, 0) is 33.6 Å². The fourth-order valence-electron chi connectivity index (χ4n) is 1.64. The standard InChI is InChI=1S/C12H16BrNO3/c1-12(2)6-16-10-4-8(5-14-15)3-9(13)11(10)17-7-12/h3-4,14-15H,5-7H2,1-2H3. The monoisotopic (exact) mass is 301 g/mol. The number of hydrogen-bond acceptors (Lipinski definition) is 4. The lowest BCUT2D eigenvalue weighted by molar-refractivity contribution is 0.140. The Morgan fingerprint density at radius 2 is 2.06 bits per heavy atom. The molecule has 0 aliphatic carbocycles. The highest BCUT2D eigenvalue weighted by atomic mass is 79.9. The molecule has 0 fully saturated rings. The molecule has 1 aromatic carbocycles. The summed E-state index contributed by atoms with van der Waals surface area (Å²) in [6, 6.07) is 3.79. The van der Waals surface area contributed by atoms with Crippen LogP contribution in [0, 0.1) is 5.41 Å². The largest absolute Gasteiger partial charge is 0.489 e. The average Bonchev–Trinajstić information content (AvgIpc) is 2.39. The van der Waals surface area contributed by atoms with Crippen LogP contribution in [0.1, 0.15) is 19.4 Å². The van der Waals surface area contributed by atoms with E-state index in [9.17, 15) is 0 Å². The molecule has 1 aliphatic heterocycles. The van der Waals surface area contributed by atoms with Crippen LogP contribution in [-0.2, 0) is 6.54 Å². The molecule has 94 valence electrons. The highest BCUT2D eigenvalue weighted by Gasteiger charge is 2.26. The van der Waals surface area contributed by atoms with E-state index in [-0.39, 0.29) is 5.41 Å². The third kappa shape index (κ3) is 2.91. The molecule has 0 atom stereocenters. The van der Waals surface area contributed by atoms with Crippen molar-refractivity contribution in [2.75, 3.05) is 13.2 Å². The maximum atomic E-state index is 8.72. The van der Waals surface area contributed by atoms with E-state index in [0.717, 1.165) is 21.5 Å². The predicted molar refractivity (Wildman–Crippen MR) is 67.5 cm³/mol. The van der Waals surface area contributed by atoms with Crippen LogP contribution < -0.4 is 15.0 Å². The van der Waals surface area contributed by atoms with Gasteiger partial charge in [0.05, 0.1) is 17.7 Å². The molecule has 0 aromatic heterocycles. The molecule has 0 bridgehead atoms. The van der Waals surface area contributed by atoms with Gasteiger partial charge in [0.15, 0.2) is 11.5 Å². The Morgan fingerprint density at radius 1 is 1.35 bits per heavy atom. The van der Waals surface area contributed by atoms with Crippen molar-refractivity contribution < 1.29 is 14.7 Å². The highest BCUT2D eigenvalue weighted by molar-refractivity contribution is 9.10. The van der Waals surface area contributed by atoms with Crippen LogP contribution in [0.15, 0.2) is 16.6 Å². The summed E-state index contributed by atoms with van der Waals surface area (Å²) in [6.07, 6.45) is 0. The van der Waals surface area contributed by atoms with Gasteiger partial charge in [-0.3, -0.25) is 0 Å². The first-order valence-corrected chi connectivity index (χ1v) is 6.26. The summed E-state index contributed by atoms with van der Waals surface area (Å²) in [5.41, 5.74) is 3.06. The van der Waals surface area contributed by atoms with Gasteiger partial charge >= 0.3 is 0 Å². The number of fused-ring (bicyclic) bond motifs is 1. The van der Waals surface area contributed by atoms with Gasteiger partial charge in [-0.15, -0.1) is 0 Å². The molecular formula is C12H16BrNO3. The molecule has 0 saturated heterocycles. The number of hydroxylamine groups is 1. The van der Waals surface area contributed by atoms with Gasteiger partial charge in [-0.1, -0.05) is 13.8 Å². The second-order valence-electron chi connectivity index (χ2n) is 4.98. The van der Waals surface area contributed by atoms with Gasteiger partial charge in [0.1, 0.15) is 0 Å². The molecule has 0 saturated carbocycles. The molecule has 1 heterocycles. The molecule has 2 N–H and O–H groups in total. The average molecular weight is 302 g/mol. The predicted octanol–water partition coefficient (Wildman–Crippen LogP) is 2.73. The van der Waals surface area contributed by atoms with Crippen LogP contribution >= 0.6 is 15.9 Å². The molecule has 4 nitrogen and oxygen atoms in total. The van der Waals surface area contributed by atoms with Gasteiger partial charge in [0.2, 0.25) is 0 Å². The lowest BCUT2D eigenvalue weighted by Crippen LogP contribution is -2.26. The van der Waals surface area contributed by atoms with Crippen molar-refractivity contribution in [2.24, 2.45) is 5.41 Å². The smallest absolute Gasteiger partial charge is 0.175 e. The quantitative estimate of drug-likeness (QED) is 0.825. The Balaban J connectivity index is 2.32. The summed E-state index contributed by atoms with van der Waals surface area (Å²) in [4.78, 5) is 0. The third-order valence-corrected chi connectivity index (χ3v) is 3.17. The maximum Gasteiger partial charge on any atom is 0.175 e. The van der Waals surface area contributed by atoms with Crippen molar-refractivity contribution in [3.8, 4) is 11.5 Å². The first-order chi connectivity index (χ1) is 8.02. The minimum absolute atomic E-state index is 0.00610. The van der Waals surface area contributed by atoms with Crippen LogP contribution in [-0.4, -0.2) is 18.4 Å². The summed E-state index contributed by atoms with van der Waals surface area (Å²) in [5.74, 6) is 1.45. The van der Waals surface area contributed by atoms with Gasteiger partial charge < -0.3 is 14.7 Å². The lowest BCUT2D eigenvalue weighted by Gasteiger charge is -2.19. The van der Waals surface area contributed by atoms with Crippen LogP contribution in [0.5, 0.6) is 11.5 Å². The zero-order chi connectivity index (χ0) is 12.5. The van der Waals surface area contributed by atoms with Crippen molar-refractivity contribution in [3.63, 3.8) is 0 Å². The second-order valence-corrected chi connectivity index (χ2v) is 5.84. The van der Waals surface area contributed by atoms with Gasteiger partial charge in [0.25, 0.3) is 0 Å². The van der Waals surface area contributed by atoms with Gasteiger partial charge in [0, 0.05) is 12.0 Å². The Bertz CT molecular complexity index is 420. The van der Waals surface area contributed by atoms with Crippen LogP contribution in [0.25, 0.3) is 0 Å². The van der Waals surface area contributed by atoms with E-state index in [1.165, 1.54) is 0 Å². The zero-order valence-electron chi connectivity index (χ0n) is 9.92. The molecule has 1 aromatic rings. The van der Waals surface area contributed by atoms with Crippen LogP contribution in [0.4, 0.5) is 0 Å². The summed E-state index contributed by atoms with van der Waals surface area (Å²) in [7, 11) is 0. The number of benzene rings is 1. The van der Waals surface area contributed by atoms with E-state index in [0.29, 0.717) is 19.8 Å². The molecule has 0 amide bonds. The zero-order valence-corrected chi connectivity index (χ0v) is 11.5. The van der Waals surface area contributed by atoms with E-state index < -0.39 is 0 Å². The number of rotatable bonds is 2. The molecule has 2 rings (SSSR count). The summed E-state index contributed by atoms with van der Waals surface area (Å²) >= 11 is 3.46. The SMILES string of the molecule is CC1(C)COc2cc(CNO)cc(Br)c2OC1. The van der Waals surface area contributed by atoms with E-state index in [1.807, 2.05) is 12.1 Å². The number of nitrogens with one attached hydrogen (secondary N) is 1. The van der Waals surface area contributed by atoms with E-state index in [1.54, 1.807) is 0 Å². The van der Waals surface area contributed by atoms with Crippen molar-refractivity contribution in [1.29, 1.82) is 0 Å². The van der Waals surface area contributed by atoms with Crippen molar-refractivity contribution in [2.45, 2.75) is 20.4 Å². The molecule has 5 heteroatoms. The van der Waals surface area contributed by atoms with E-state index in [2.05, 4.69) is 35.3 Å². The van der Waals surface area contributed by atoms with Crippen LogP contribution in [0.2, 0.25) is 0 Å². The lowest BCUT2D eigenvalue weighted by atomic mass is 9.97. The maximum absolute atomic E-state index is 8.72. The third-order valence-electron chi connectivity index (χ3n) is 2.58. The van der Waals surface area contributed by atoms with Gasteiger partial charge in [-0.25, -0.2) is 5.48 Å². The Morgan fingerprint density at radius 3 is 2.76 bits per heavy atom. The van der Waals surface area contributed by atoms with E-state index in [4.69, 9.17) is 14.7 Å². The van der Waals surface area contributed by atoms with Crippen molar-refractivity contribution in [3.05, 3.63) is 22.2 Å². The van der Waals surface area contributed by atoms with Crippen molar-refractivity contribution >= 4 is 15.9 Å². The minimum Gasteiger partial charge on any atom is -0.489 e. The number of ether oxygens (including phenoxy) is 2. The fraction of sp³-hybridized carbons (Fsp3) is 0.500. The first-order valence-electron chi connectivity index (χ1n) is 5.47. The Labute approximate surface area is 109 Å². The van der Waals surface area contributed by atoms with Crippen molar-refractivity contribution in [1.82, 2.24) is 5.48 Å². The fourth-order valence-corrected chi connectivity index (χ4v) is 2.25. The molecule has 0 spiro atoms. The Kier molecular flexibility index (Phi) is 3.61. The highest BCUT2D eigenvalue weighted by Crippen LogP contribution is 2.40. The topological polar surface area (TPSA) is 50.7 Å². The second kappa shape index (κ2) is 4.84. The number of hydrogen-bond donors (Lipinski definition) is 2. The van der Waals surface area contributed by atoms with Gasteiger partial charge in [-0.2, -0.15) is 0 Å². The summed E-state index contributed by atoms with van der Waals surface area (Å²) in [6.45, 7) is 5.81. The minimum atomic E-state index is -0.00610. The number of halogens is 1. The molecule has 0 radical (unpaired) electrons.